The second kappa shape index (κ2) is 13.4. The molecule has 0 amide bonds. The van der Waals surface area contributed by atoms with Gasteiger partial charge in [-0.2, -0.15) is 0 Å². The lowest BCUT2D eigenvalue weighted by Crippen LogP contribution is -2.19. The minimum absolute atomic E-state index is 0.0264. The van der Waals surface area contributed by atoms with Crippen LogP contribution in [0.1, 0.15) is 0 Å². The van der Waals surface area contributed by atoms with Gasteiger partial charge in [0.05, 0.1) is 11.0 Å². The molecule has 10 aromatic rings. The molecule has 0 radical (unpaired) electrons. The van der Waals surface area contributed by atoms with Crippen molar-refractivity contribution in [3.8, 4) is 67.5 Å². The first kappa shape index (κ1) is 33.2. The fraction of sp³-hybridized carbons (Fsp3) is 0.0400. The van der Waals surface area contributed by atoms with Crippen molar-refractivity contribution < 1.29 is 0 Å². The first-order valence-corrected chi connectivity index (χ1v) is 18.7. The summed E-state index contributed by atoms with van der Waals surface area (Å²) in [5.74, 6) is 1.90. The highest BCUT2D eigenvalue weighted by atomic mass is 16.1. The third-order valence-electron chi connectivity index (χ3n) is 10.8. The largest absolute Gasteiger partial charge is 0.328 e. The SMILES string of the molecule is Cn1c(=O)n(C)c2cc(-c3ccc(-c4c5ccccc5c(-c5cccc(-c6nc(-c7ccccc7)nc(-c7ccccc7)n6)c5)c5ccccc45)cc3)ccc21. The predicted molar refractivity (Wildman–Crippen MR) is 229 cm³/mol. The Balaban J connectivity index is 1.11. The molecule has 0 aliphatic rings. The van der Waals surface area contributed by atoms with Crippen LogP contribution in [0, 0.1) is 0 Å². The van der Waals surface area contributed by atoms with Crippen LogP contribution in [-0.4, -0.2) is 24.1 Å². The van der Waals surface area contributed by atoms with Crippen molar-refractivity contribution >= 4 is 32.6 Å². The summed E-state index contributed by atoms with van der Waals surface area (Å²) in [6.07, 6.45) is 0. The second-order valence-electron chi connectivity index (χ2n) is 14.1. The standard InChI is InChI=1S/C50H35N5O/c1-54-43-29-28-36(31-44(43)55(2)50(54)56)32-24-26-33(27-25-32)45-39-20-9-11-22-41(39)46(42-23-12-10-21-40(42)45)37-18-13-19-38(30-37)49-52-47(34-14-5-3-6-15-34)51-48(53-49)35-16-7-4-8-17-35/h3-31H,1-2H3. The van der Waals surface area contributed by atoms with E-state index < -0.39 is 0 Å². The molecule has 6 nitrogen and oxygen atoms in total. The summed E-state index contributed by atoms with van der Waals surface area (Å²) in [5, 5.41) is 4.70. The minimum atomic E-state index is -0.0264. The van der Waals surface area contributed by atoms with Gasteiger partial charge in [0, 0.05) is 30.8 Å². The molecule has 0 aliphatic carbocycles. The number of fused-ring (bicyclic) bond motifs is 3. The molecule has 2 aromatic heterocycles. The van der Waals surface area contributed by atoms with Crippen molar-refractivity contribution in [1.29, 1.82) is 0 Å². The number of imidazole rings is 1. The first-order valence-electron chi connectivity index (χ1n) is 18.7. The molecule has 0 fully saturated rings. The van der Waals surface area contributed by atoms with E-state index in [0.717, 1.165) is 50.0 Å². The van der Waals surface area contributed by atoms with Gasteiger partial charge in [-0.25, -0.2) is 19.7 Å². The van der Waals surface area contributed by atoms with E-state index in [1.807, 2.05) is 80.8 Å². The summed E-state index contributed by atoms with van der Waals surface area (Å²) in [4.78, 5) is 27.5. The molecule has 56 heavy (non-hydrogen) atoms. The zero-order valence-corrected chi connectivity index (χ0v) is 30.9. The zero-order valence-electron chi connectivity index (χ0n) is 30.9. The van der Waals surface area contributed by atoms with E-state index in [2.05, 4.69) is 109 Å². The molecule has 0 unspecified atom stereocenters. The van der Waals surface area contributed by atoms with Crippen molar-refractivity contribution in [2.24, 2.45) is 14.1 Å². The topological polar surface area (TPSA) is 65.6 Å². The molecule has 0 aliphatic heterocycles. The Morgan fingerprint density at radius 2 is 0.750 bits per heavy atom. The van der Waals surface area contributed by atoms with Crippen LogP contribution in [0.15, 0.2) is 181 Å². The molecule has 2 heterocycles. The average molecular weight is 722 g/mol. The average Bonchev–Trinajstić information content (AvgIpc) is 3.48. The van der Waals surface area contributed by atoms with E-state index in [-0.39, 0.29) is 5.69 Å². The Bertz CT molecular complexity index is 3050. The summed E-state index contributed by atoms with van der Waals surface area (Å²) in [5.41, 5.74) is 11.4. The molecule has 0 bridgehead atoms. The summed E-state index contributed by atoms with van der Waals surface area (Å²) in [7, 11) is 3.64. The van der Waals surface area contributed by atoms with Crippen LogP contribution >= 0.6 is 0 Å². The summed E-state index contributed by atoms with van der Waals surface area (Å²) in [6, 6.07) is 61.1. The van der Waals surface area contributed by atoms with Crippen molar-refractivity contribution in [2.75, 3.05) is 0 Å². The number of aromatic nitrogens is 5. The quantitative estimate of drug-likeness (QED) is 0.160. The van der Waals surface area contributed by atoms with Crippen LogP contribution in [0.25, 0.3) is 100 Å². The molecular weight excluding hydrogens is 687 g/mol. The lowest BCUT2D eigenvalue weighted by molar-refractivity contribution is 0.795. The van der Waals surface area contributed by atoms with Gasteiger partial charge in [-0.3, -0.25) is 9.13 Å². The van der Waals surface area contributed by atoms with E-state index in [4.69, 9.17) is 15.0 Å². The van der Waals surface area contributed by atoms with Crippen LogP contribution in [0.3, 0.4) is 0 Å². The van der Waals surface area contributed by atoms with Gasteiger partial charge >= 0.3 is 5.69 Å². The number of rotatable bonds is 6. The molecule has 0 saturated carbocycles. The van der Waals surface area contributed by atoms with Crippen molar-refractivity contribution in [3.63, 3.8) is 0 Å². The second-order valence-corrected chi connectivity index (χ2v) is 14.1. The van der Waals surface area contributed by atoms with Gasteiger partial charge in [-0.15, -0.1) is 0 Å². The zero-order chi connectivity index (χ0) is 37.8. The third kappa shape index (κ3) is 5.58. The highest BCUT2D eigenvalue weighted by Crippen LogP contribution is 2.44. The maximum Gasteiger partial charge on any atom is 0.328 e. The Morgan fingerprint density at radius 1 is 0.339 bits per heavy atom. The van der Waals surface area contributed by atoms with Gasteiger partial charge in [0.2, 0.25) is 0 Å². The lowest BCUT2D eigenvalue weighted by Gasteiger charge is -2.18. The van der Waals surface area contributed by atoms with Gasteiger partial charge < -0.3 is 0 Å². The summed E-state index contributed by atoms with van der Waals surface area (Å²) in [6.45, 7) is 0. The Labute approximate surface area is 323 Å². The van der Waals surface area contributed by atoms with E-state index >= 15 is 0 Å². The summed E-state index contributed by atoms with van der Waals surface area (Å²) < 4.78 is 3.39. The van der Waals surface area contributed by atoms with Crippen molar-refractivity contribution in [3.05, 3.63) is 186 Å². The number of aryl methyl sites for hydroxylation is 2. The molecule has 8 aromatic carbocycles. The highest BCUT2D eigenvalue weighted by Gasteiger charge is 2.19. The number of nitrogens with zero attached hydrogens (tertiary/aromatic N) is 5. The molecule has 0 atom stereocenters. The van der Waals surface area contributed by atoms with E-state index in [0.29, 0.717) is 17.5 Å². The fourth-order valence-electron chi connectivity index (χ4n) is 8.02. The molecule has 266 valence electrons. The number of hydrogen-bond donors (Lipinski definition) is 0. The molecule has 0 N–H and O–H groups in total. The van der Waals surface area contributed by atoms with Crippen molar-refractivity contribution in [1.82, 2.24) is 24.1 Å². The Morgan fingerprint density at radius 3 is 1.30 bits per heavy atom. The first-order chi connectivity index (χ1) is 27.5. The third-order valence-corrected chi connectivity index (χ3v) is 10.8. The van der Waals surface area contributed by atoms with Gasteiger partial charge in [0.1, 0.15) is 0 Å². The Hall–Kier alpha value is -7.44. The maximum atomic E-state index is 12.6. The Kier molecular flexibility index (Phi) is 7.96. The summed E-state index contributed by atoms with van der Waals surface area (Å²) >= 11 is 0. The molecule has 6 heteroatoms. The number of benzene rings is 8. The van der Waals surface area contributed by atoms with Crippen molar-refractivity contribution in [2.45, 2.75) is 0 Å². The minimum Gasteiger partial charge on any atom is -0.295 e. The van der Waals surface area contributed by atoms with Crippen LogP contribution < -0.4 is 5.69 Å². The lowest BCUT2D eigenvalue weighted by atomic mass is 9.85. The van der Waals surface area contributed by atoms with E-state index in [9.17, 15) is 4.79 Å². The molecule has 0 spiro atoms. The maximum absolute atomic E-state index is 12.6. The monoisotopic (exact) mass is 721 g/mol. The van der Waals surface area contributed by atoms with Gasteiger partial charge in [0.25, 0.3) is 0 Å². The molecule has 0 saturated heterocycles. The van der Waals surface area contributed by atoms with Gasteiger partial charge in [-0.05, 0) is 73.1 Å². The fourth-order valence-corrected chi connectivity index (χ4v) is 8.02. The van der Waals surface area contributed by atoms with Gasteiger partial charge in [0.15, 0.2) is 17.5 Å². The highest BCUT2D eigenvalue weighted by molar-refractivity contribution is 6.21. The number of hydrogen-bond acceptors (Lipinski definition) is 4. The van der Waals surface area contributed by atoms with Crippen LogP contribution in [0.4, 0.5) is 0 Å². The van der Waals surface area contributed by atoms with Crippen LogP contribution in [0.2, 0.25) is 0 Å². The van der Waals surface area contributed by atoms with E-state index in [1.165, 1.54) is 32.7 Å². The smallest absolute Gasteiger partial charge is 0.295 e. The molecular formula is C50H35N5O. The predicted octanol–water partition coefficient (Wildman–Crippen LogP) is 11.4. The van der Waals surface area contributed by atoms with Crippen LogP contribution in [-0.2, 0) is 14.1 Å². The normalized spacial score (nSPS) is 11.5. The molecule has 10 rings (SSSR count). The van der Waals surface area contributed by atoms with E-state index in [1.54, 1.807) is 9.13 Å². The van der Waals surface area contributed by atoms with Gasteiger partial charge in [-0.1, -0.05) is 158 Å². The van der Waals surface area contributed by atoms with Crippen LogP contribution in [0.5, 0.6) is 0 Å².